The number of esters is 2. The Morgan fingerprint density at radius 2 is 1.17 bits per heavy atom. The van der Waals surface area contributed by atoms with Crippen LogP contribution in [0.3, 0.4) is 0 Å². The van der Waals surface area contributed by atoms with Gasteiger partial charge in [-0.25, -0.2) is 9.59 Å². The van der Waals surface area contributed by atoms with Crippen molar-refractivity contribution in [2.24, 2.45) is 0 Å². The Morgan fingerprint density at radius 3 is 1.50 bits per heavy atom. The third kappa shape index (κ3) is 5.69. The first-order chi connectivity index (χ1) is 17.2. The quantitative estimate of drug-likeness (QED) is 0.541. The van der Waals surface area contributed by atoms with Gasteiger partial charge in [-0.3, -0.25) is 0 Å². The second-order valence-electron chi connectivity index (χ2n) is 9.26. The molecular formula is C28H36O8. The summed E-state index contributed by atoms with van der Waals surface area (Å²) in [5.41, 5.74) is 0.237. The third-order valence-corrected chi connectivity index (χ3v) is 6.73. The molecule has 8 heteroatoms. The molecule has 0 amide bonds. The first-order valence-electron chi connectivity index (χ1n) is 12.4. The summed E-state index contributed by atoms with van der Waals surface area (Å²) in [5.74, 6) is 0.786. The van der Waals surface area contributed by atoms with Crippen LogP contribution in [0.5, 0.6) is 23.0 Å². The lowest BCUT2D eigenvalue weighted by Crippen LogP contribution is -2.47. The zero-order valence-corrected chi connectivity index (χ0v) is 21.5. The lowest BCUT2D eigenvalue weighted by molar-refractivity contribution is -0.162. The normalized spacial score (nSPS) is 21.9. The van der Waals surface area contributed by atoms with Crippen LogP contribution in [0.15, 0.2) is 36.4 Å². The molecule has 2 N–H and O–H groups in total. The van der Waals surface area contributed by atoms with E-state index < -0.39 is 11.2 Å². The minimum absolute atomic E-state index is 0.144. The highest BCUT2D eigenvalue weighted by atomic mass is 16.6. The number of ether oxygens (including phenoxy) is 4. The molecule has 36 heavy (non-hydrogen) atoms. The van der Waals surface area contributed by atoms with Crippen molar-refractivity contribution in [1.82, 2.24) is 0 Å². The van der Waals surface area contributed by atoms with Crippen molar-refractivity contribution in [3.63, 3.8) is 0 Å². The summed E-state index contributed by atoms with van der Waals surface area (Å²) in [6, 6.07) is 10.0. The minimum Gasteiger partial charge on any atom is -0.508 e. The number of rotatable bonds is 6. The molecule has 8 nitrogen and oxygen atoms in total. The molecule has 196 valence electrons. The molecule has 2 aliphatic heterocycles. The van der Waals surface area contributed by atoms with E-state index in [4.69, 9.17) is 18.9 Å². The van der Waals surface area contributed by atoms with Crippen LogP contribution < -0.4 is 9.47 Å². The van der Waals surface area contributed by atoms with Gasteiger partial charge in [-0.1, -0.05) is 38.8 Å². The van der Waals surface area contributed by atoms with Crippen molar-refractivity contribution >= 4 is 11.9 Å². The van der Waals surface area contributed by atoms with E-state index in [9.17, 15) is 19.8 Å². The van der Waals surface area contributed by atoms with E-state index >= 15 is 0 Å². The van der Waals surface area contributed by atoms with Crippen LogP contribution in [0.2, 0.25) is 0 Å². The van der Waals surface area contributed by atoms with E-state index in [2.05, 4.69) is 0 Å². The van der Waals surface area contributed by atoms with E-state index in [0.717, 1.165) is 36.8 Å². The van der Waals surface area contributed by atoms with Crippen molar-refractivity contribution in [3.8, 4) is 23.0 Å². The summed E-state index contributed by atoms with van der Waals surface area (Å²) >= 11 is 0. The Balaban J connectivity index is 0.000000201. The highest BCUT2D eigenvalue weighted by Gasteiger charge is 2.45. The summed E-state index contributed by atoms with van der Waals surface area (Å²) in [6.07, 6.45) is 5.65. The number of benzene rings is 2. The van der Waals surface area contributed by atoms with Gasteiger partial charge in [0.05, 0.1) is 14.2 Å². The Hall–Kier alpha value is -3.42. The van der Waals surface area contributed by atoms with Gasteiger partial charge in [0.25, 0.3) is 0 Å². The maximum atomic E-state index is 12.0. The molecule has 2 aliphatic rings. The predicted molar refractivity (Wildman–Crippen MR) is 133 cm³/mol. The Labute approximate surface area is 212 Å². The zero-order chi connectivity index (χ0) is 26.3. The monoisotopic (exact) mass is 500 g/mol. The fraction of sp³-hybridized carbons (Fsp3) is 0.500. The van der Waals surface area contributed by atoms with Crippen LogP contribution in [0.1, 0.15) is 63.5 Å². The molecule has 0 saturated carbocycles. The first kappa shape index (κ1) is 27.2. The Morgan fingerprint density at radius 1 is 0.778 bits per heavy atom. The molecule has 2 atom stereocenters. The predicted octanol–water partition coefficient (Wildman–Crippen LogP) is 4.86. The summed E-state index contributed by atoms with van der Waals surface area (Å²) in [6.45, 7) is 4.01. The Bertz CT molecular complexity index is 996. The lowest BCUT2D eigenvalue weighted by atomic mass is 9.87. The maximum Gasteiger partial charge on any atom is 0.350 e. The van der Waals surface area contributed by atoms with Gasteiger partial charge in [-0.2, -0.15) is 0 Å². The fourth-order valence-electron chi connectivity index (χ4n) is 4.91. The van der Waals surface area contributed by atoms with Gasteiger partial charge in [0.2, 0.25) is 11.2 Å². The molecule has 0 radical (unpaired) electrons. The van der Waals surface area contributed by atoms with Crippen LogP contribution in [0.4, 0.5) is 0 Å². The van der Waals surface area contributed by atoms with Gasteiger partial charge < -0.3 is 29.2 Å². The maximum absolute atomic E-state index is 12.0. The number of hydrogen-bond donors (Lipinski definition) is 2. The highest BCUT2D eigenvalue weighted by Crippen LogP contribution is 2.39. The number of carbonyl (C=O) groups is 2. The summed E-state index contributed by atoms with van der Waals surface area (Å²) < 4.78 is 21.4. The van der Waals surface area contributed by atoms with Crippen LogP contribution in [0, 0.1) is 0 Å². The molecule has 0 bridgehead atoms. The van der Waals surface area contributed by atoms with E-state index in [0.29, 0.717) is 37.2 Å². The van der Waals surface area contributed by atoms with Gasteiger partial charge in [-0.05, 0) is 48.9 Å². The van der Waals surface area contributed by atoms with Crippen LogP contribution in [-0.4, -0.2) is 47.6 Å². The topological polar surface area (TPSA) is 112 Å². The van der Waals surface area contributed by atoms with Crippen molar-refractivity contribution in [2.75, 3.05) is 14.2 Å². The van der Waals surface area contributed by atoms with Crippen molar-refractivity contribution in [1.29, 1.82) is 0 Å². The van der Waals surface area contributed by atoms with Gasteiger partial charge in [-0.15, -0.1) is 0 Å². The van der Waals surface area contributed by atoms with E-state index in [1.807, 2.05) is 26.0 Å². The SMILES string of the molecule is CCC[C@@]1(C(=O)OC)CCc2ccc(O)cc2O1.CCC[C@]1(C(=O)OC)CCc2ccc(O)cc2O1. The van der Waals surface area contributed by atoms with Gasteiger partial charge in [0.1, 0.15) is 23.0 Å². The molecule has 2 aromatic carbocycles. The number of phenols is 2. The van der Waals surface area contributed by atoms with E-state index in [-0.39, 0.29) is 23.4 Å². The number of methoxy groups -OCH3 is 2. The molecular weight excluding hydrogens is 464 g/mol. The second kappa shape index (κ2) is 11.5. The smallest absolute Gasteiger partial charge is 0.350 e. The summed E-state index contributed by atoms with van der Waals surface area (Å²) in [7, 11) is 2.75. The van der Waals surface area contributed by atoms with Crippen molar-refractivity contribution in [3.05, 3.63) is 47.5 Å². The molecule has 0 spiro atoms. The number of fused-ring (bicyclic) bond motifs is 2. The molecule has 0 unspecified atom stereocenters. The number of aryl methyl sites for hydroxylation is 2. The third-order valence-electron chi connectivity index (χ3n) is 6.73. The number of carbonyl (C=O) groups excluding carboxylic acids is 2. The standard InChI is InChI=1S/2C14H18O4/c2*1-3-7-14(13(16)17-2)8-6-10-4-5-11(15)9-12(10)18-14/h2*4-5,9,15H,3,6-8H2,1-2H3/t2*14-/m10/s1. The molecule has 0 aliphatic carbocycles. The highest BCUT2D eigenvalue weighted by molar-refractivity contribution is 5.81. The summed E-state index contributed by atoms with van der Waals surface area (Å²) in [5, 5.41) is 19.0. The first-order valence-corrected chi connectivity index (χ1v) is 12.4. The van der Waals surface area contributed by atoms with Crippen molar-refractivity contribution in [2.45, 2.75) is 76.4 Å². The Kier molecular flexibility index (Phi) is 8.71. The van der Waals surface area contributed by atoms with Gasteiger partial charge in [0, 0.05) is 25.0 Å². The zero-order valence-electron chi connectivity index (χ0n) is 21.5. The number of hydrogen-bond acceptors (Lipinski definition) is 8. The van der Waals surface area contributed by atoms with Crippen molar-refractivity contribution < 1.29 is 38.7 Å². The lowest BCUT2D eigenvalue weighted by Gasteiger charge is -2.36. The molecule has 0 aromatic heterocycles. The molecule has 0 fully saturated rings. The molecule has 2 heterocycles. The second-order valence-corrected chi connectivity index (χ2v) is 9.26. The van der Waals surface area contributed by atoms with E-state index in [1.165, 1.54) is 14.2 Å². The van der Waals surface area contributed by atoms with E-state index in [1.54, 1.807) is 24.3 Å². The molecule has 2 aromatic rings. The average molecular weight is 501 g/mol. The number of phenolic OH excluding ortho intramolecular Hbond substituents is 2. The average Bonchev–Trinajstić information content (AvgIpc) is 2.87. The largest absolute Gasteiger partial charge is 0.508 e. The van der Waals surface area contributed by atoms with Crippen LogP contribution >= 0.6 is 0 Å². The van der Waals surface area contributed by atoms with Crippen LogP contribution in [0.25, 0.3) is 0 Å². The fourth-order valence-corrected chi connectivity index (χ4v) is 4.91. The minimum atomic E-state index is -0.899. The molecule has 4 rings (SSSR count). The molecule has 0 saturated heterocycles. The van der Waals surface area contributed by atoms with Gasteiger partial charge in [0.15, 0.2) is 0 Å². The van der Waals surface area contributed by atoms with Crippen LogP contribution in [-0.2, 0) is 31.9 Å². The summed E-state index contributed by atoms with van der Waals surface area (Å²) in [4.78, 5) is 23.9. The van der Waals surface area contributed by atoms with Gasteiger partial charge >= 0.3 is 11.9 Å². The number of aromatic hydroxyl groups is 2.